The van der Waals surface area contributed by atoms with E-state index in [-0.39, 0.29) is 24.7 Å². The zero-order valence-electron chi connectivity index (χ0n) is 17.5. The second kappa shape index (κ2) is 12.1. The van der Waals surface area contributed by atoms with Crippen molar-refractivity contribution in [2.45, 2.75) is 21.3 Å². The molecule has 174 valence electrons. The lowest BCUT2D eigenvalue weighted by Gasteiger charge is -2.00. The van der Waals surface area contributed by atoms with E-state index >= 15 is 0 Å². The Hall–Kier alpha value is -2.46. The third-order valence-corrected chi connectivity index (χ3v) is 8.81. The molecule has 0 bridgehead atoms. The van der Waals surface area contributed by atoms with E-state index in [1.807, 2.05) is 12.5 Å². The van der Waals surface area contributed by atoms with Gasteiger partial charge in [-0.1, -0.05) is 0 Å². The molecule has 0 aliphatic heterocycles. The van der Waals surface area contributed by atoms with Gasteiger partial charge in [0.25, 0.3) is 0 Å². The van der Waals surface area contributed by atoms with Crippen molar-refractivity contribution in [3.8, 4) is 0 Å². The molecular formula is C18H20N8O2S5. The molecule has 10 nitrogen and oxygen atoms in total. The van der Waals surface area contributed by atoms with Crippen molar-refractivity contribution in [1.29, 1.82) is 0 Å². The van der Waals surface area contributed by atoms with Crippen molar-refractivity contribution in [2.24, 2.45) is 10.2 Å². The first kappa shape index (κ1) is 25.2. The summed E-state index contributed by atoms with van der Waals surface area (Å²) in [7, 11) is 0. The molecule has 0 saturated heterocycles. The van der Waals surface area contributed by atoms with Gasteiger partial charge < -0.3 is 11.5 Å². The highest BCUT2D eigenvalue weighted by Gasteiger charge is 2.15. The average molecular weight is 541 g/mol. The Morgan fingerprint density at radius 1 is 0.909 bits per heavy atom. The van der Waals surface area contributed by atoms with Gasteiger partial charge in [0.15, 0.2) is 10.3 Å². The molecule has 0 spiro atoms. The zero-order chi connectivity index (χ0) is 23.8. The third kappa shape index (κ3) is 7.26. The first-order chi connectivity index (χ1) is 15.9. The van der Waals surface area contributed by atoms with Crippen LogP contribution in [-0.2, 0) is 22.4 Å². The van der Waals surface area contributed by atoms with Crippen LogP contribution in [0, 0.1) is 0 Å². The number of thioether (sulfide) groups is 2. The molecular weight excluding hydrogens is 521 g/mol. The Bertz CT molecular complexity index is 1090. The number of carbonyl (C=O) groups is 2. The summed E-state index contributed by atoms with van der Waals surface area (Å²) in [6.07, 6.45) is 7.25. The average Bonchev–Trinajstić information content (AvgIpc) is 3.47. The van der Waals surface area contributed by atoms with Gasteiger partial charge in [0.1, 0.15) is 0 Å². The van der Waals surface area contributed by atoms with Gasteiger partial charge in [-0.15, -0.1) is 57.5 Å². The van der Waals surface area contributed by atoms with Crippen LogP contribution in [0.15, 0.2) is 29.4 Å². The Kier molecular flexibility index (Phi) is 9.25. The molecule has 0 fully saturated rings. The SMILES string of the molecule is CSc1sc(SC)c(C=NNC(=O)Cc2csc(N)n2)c1C=NNC(=O)Cc1csc(N)n1. The van der Waals surface area contributed by atoms with Gasteiger partial charge in [0.05, 0.1) is 45.1 Å². The maximum Gasteiger partial charge on any atom is 0.246 e. The minimum Gasteiger partial charge on any atom is -0.375 e. The van der Waals surface area contributed by atoms with Gasteiger partial charge in [-0.05, 0) is 12.5 Å². The van der Waals surface area contributed by atoms with Gasteiger partial charge in [-0.2, -0.15) is 10.2 Å². The predicted molar refractivity (Wildman–Crippen MR) is 140 cm³/mol. The first-order valence-corrected chi connectivity index (χ1v) is 14.2. The molecule has 0 aliphatic carbocycles. The van der Waals surface area contributed by atoms with Gasteiger partial charge in [0, 0.05) is 21.9 Å². The third-order valence-electron chi connectivity index (χ3n) is 3.87. The van der Waals surface area contributed by atoms with E-state index < -0.39 is 0 Å². The number of nitrogens with zero attached hydrogens (tertiary/aromatic N) is 4. The fraction of sp³-hybridized carbons (Fsp3) is 0.222. The minimum absolute atomic E-state index is 0.0884. The van der Waals surface area contributed by atoms with Crippen LogP contribution in [0.3, 0.4) is 0 Å². The number of rotatable bonds is 10. The highest BCUT2D eigenvalue weighted by atomic mass is 32.2. The van der Waals surface area contributed by atoms with Gasteiger partial charge >= 0.3 is 0 Å². The number of carbonyl (C=O) groups excluding carboxylic acids is 2. The maximum atomic E-state index is 12.1. The van der Waals surface area contributed by atoms with E-state index in [9.17, 15) is 9.59 Å². The van der Waals surface area contributed by atoms with E-state index in [4.69, 9.17) is 11.5 Å². The summed E-state index contributed by atoms with van der Waals surface area (Å²) in [4.78, 5) is 32.4. The molecule has 3 aromatic rings. The highest BCUT2D eigenvalue weighted by molar-refractivity contribution is 8.02. The van der Waals surface area contributed by atoms with E-state index in [0.29, 0.717) is 21.7 Å². The number of nitrogens with one attached hydrogen (secondary N) is 2. The molecule has 6 N–H and O–H groups in total. The molecule has 0 unspecified atom stereocenters. The van der Waals surface area contributed by atoms with Crippen molar-refractivity contribution in [2.75, 3.05) is 24.0 Å². The molecule has 33 heavy (non-hydrogen) atoms. The van der Waals surface area contributed by atoms with Crippen molar-refractivity contribution in [3.63, 3.8) is 0 Å². The number of hydrazone groups is 2. The second-order valence-corrected chi connectivity index (χ2v) is 11.2. The standard InChI is InChI=1S/C18H20N8O2S5/c1-29-15-11(5-21-25-13(27)3-9-7-31-17(19)23-9)12(16(30-2)33-15)6-22-26-14(28)4-10-8-32-18(20)24-10/h5-8H,3-4H2,1-2H3,(H2,19,23)(H2,20,24)(H,25,27)(H,26,28). The topological polar surface area (TPSA) is 161 Å². The summed E-state index contributed by atoms with van der Waals surface area (Å²) in [5, 5.41) is 12.5. The lowest BCUT2D eigenvalue weighted by atomic mass is 10.2. The fourth-order valence-electron chi connectivity index (χ4n) is 2.52. The van der Waals surface area contributed by atoms with E-state index in [1.165, 1.54) is 22.7 Å². The van der Waals surface area contributed by atoms with Crippen LogP contribution < -0.4 is 22.3 Å². The van der Waals surface area contributed by atoms with Crippen molar-refractivity contribution >= 4 is 92.0 Å². The molecule has 15 heteroatoms. The molecule has 3 heterocycles. The Labute approximate surface area is 210 Å². The first-order valence-electron chi connectivity index (χ1n) is 9.18. The number of aromatic nitrogens is 2. The molecule has 0 aliphatic rings. The van der Waals surface area contributed by atoms with Crippen LogP contribution >= 0.6 is 57.5 Å². The molecule has 2 amide bonds. The second-order valence-electron chi connectivity index (χ2n) is 6.21. The van der Waals surface area contributed by atoms with Gasteiger partial charge in [0.2, 0.25) is 11.8 Å². The molecule has 3 aromatic heterocycles. The van der Waals surface area contributed by atoms with Crippen LogP contribution in [0.5, 0.6) is 0 Å². The maximum absolute atomic E-state index is 12.1. The Morgan fingerprint density at radius 2 is 1.33 bits per heavy atom. The minimum atomic E-state index is -0.298. The van der Waals surface area contributed by atoms with E-state index in [1.54, 1.807) is 58.0 Å². The summed E-state index contributed by atoms with van der Waals surface area (Å²) in [6, 6.07) is 0. The number of nitrogens with two attached hydrogens (primary N) is 2. The molecule has 0 atom stereocenters. The summed E-state index contributed by atoms with van der Waals surface area (Å²) in [5.41, 5.74) is 19.0. The molecule has 0 radical (unpaired) electrons. The zero-order valence-corrected chi connectivity index (χ0v) is 21.6. The number of thiazole rings is 2. The van der Waals surface area contributed by atoms with Crippen LogP contribution in [0.4, 0.5) is 10.3 Å². The van der Waals surface area contributed by atoms with E-state index in [0.717, 1.165) is 19.5 Å². The quantitative estimate of drug-likeness (QED) is 0.173. The largest absolute Gasteiger partial charge is 0.375 e. The highest BCUT2D eigenvalue weighted by Crippen LogP contribution is 2.38. The number of amides is 2. The Balaban J connectivity index is 1.67. The number of hydrogen-bond donors (Lipinski definition) is 4. The smallest absolute Gasteiger partial charge is 0.246 e. The Morgan fingerprint density at radius 3 is 1.67 bits per heavy atom. The molecule has 3 rings (SSSR count). The van der Waals surface area contributed by atoms with Crippen LogP contribution in [-0.4, -0.2) is 46.7 Å². The van der Waals surface area contributed by atoms with Gasteiger partial charge in [-0.3, -0.25) is 9.59 Å². The lowest BCUT2D eigenvalue weighted by molar-refractivity contribution is -0.121. The summed E-state index contributed by atoms with van der Waals surface area (Å²) in [6.45, 7) is 0. The fourth-order valence-corrected chi connectivity index (χ4v) is 6.44. The van der Waals surface area contributed by atoms with Crippen molar-refractivity contribution in [3.05, 3.63) is 33.3 Å². The molecule has 0 saturated carbocycles. The number of hydrogen-bond acceptors (Lipinski definition) is 13. The monoisotopic (exact) mass is 540 g/mol. The van der Waals surface area contributed by atoms with Crippen LogP contribution in [0.1, 0.15) is 22.5 Å². The summed E-state index contributed by atoms with van der Waals surface area (Å²) < 4.78 is 2.02. The van der Waals surface area contributed by atoms with E-state index in [2.05, 4.69) is 31.0 Å². The van der Waals surface area contributed by atoms with Crippen LogP contribution in [0.2, 0.25) is 0 Å². The van der Waals surface area contributed by atoms with Crippen LogP contribution in [0.25, 0.3) is 0 Å². The lowest BCUT2D eigenvalue weighted by Crippen LogP contribution is -2.20. The van der Waals surface area contributed by atoms with Gasteiger partial charge in [-0.25, -0.2) is 20.8 Å². The summed E-state index contributed by atoms with van der Waals surface area (Å²) in [5.74, 6) is -0.597. The number of thiophene rings is 1. The molecule has 0 aromatic carbocycles. The normalized spacial score (nSPS) is 11.5. The van der Waals surface area contributed by atoms with Crippen molar-refractivity contribution < 1.29 is 9.59 Å². The summed E-state index contributed by atoms with van der Waals surface area (Å²) >= 11 is 7.28. The number of anilines is 2. The van der Waals surface area contributed by atoms with Crippen molar-refractivity contribution in [1.82, 2.24) is 20.8 Å². The predicted octanol–water partition coefficient (Wildman–Crippen LogP) is 2.65. The number of nitrogen functional groups attached to an aromatic ring is 2.